The van der Waals surface area contributed by atoms with Gasteiger partial charge < -0.3 is 15.4 Å². The second-order valence-corrected chi connectivity index (χ2v) is 8.92. The Balaban J connectivity index is 1.45. The van der Waals surface area contributed by atoms with Crippen LogP contribution in [0.25, 0.3) is 0 Å². The first-order valence-electron chi connectivity index (χ1n) is 11.8. The second-order valence-electron chi connectivity index (χ2n) is 8.92. The highest BCUT2D eigenvalue weighted by atomic mass is 16.5. The third-order valence-electron chi connectivity index (χ3n) is 6.62. The SMILES string of the molecule is COc1c(C)cccc1C(=O)Nc1ccc(N2C(=O)CC(=O)Nc3c2ccc2c3CCCC2)cc1. The number of amides is 3. The minimum Gasteiger partial charge on any atom is -0.496 e. The largest absolute Gasteiger partial charge is 0.496 e. The summed E-state index contributed by atoms with van der Waals surface area (Å²) in [7, 11) is 1.54. The fraction of sp³-hybridized carbons (Fsp3) is 0.250. The molecule has 0 atom stereocenters. The van der Waals surface area contributed by atoms with Gasteiger partial charge in [-0.25, -0.2) is 0 Å². The number of para-hydroxylation sites is 1. The summed E-state index contributed by atoms with van der Waals surface area (Å²) in [5, 5.41) is 5.87. The highest BCUT2D eigenvalue weighted by Gasteiger charge is 2.30. The van der Waals surface area contributed by atoms with Gasteiger partial charge in [-0.05, 0) is 85.7 Å². The molecule has 7 heteroatoms. The summed E-state index contributed by atoms with van der Waals surface area (Å²) in [5.41, 5.74) is 6.32. The van der Waals surface area contributed by atoms with Crippen LogP contribution >= 0.6 is 0 Å². The van der Waals surface area contributed by atoms with E-state index in [4.69, 9.17) is 4.74 Å². The van der Waals surface area contributed by atoms with Crippen LogP contribution in [0.3, 0.4) is 0 Å². The Morgan fingerprint density at radius 3 is 2.54 bits per heavy atom. The maximum atomic E-state index is 13.1. The quantitative estimate of drug-likeness (QED) is 0.518. The van der Waals surface area contributed by atoms with Crippen molar-refractivity contribution < 1.29 is 19.1 Å². The molecule has 1 aliphatic heterocycles. The van der Waals surface area contributed by atoms with Crippen LogP contribution < -0.4 is 20.3 Å². The number of nitrogens with one attached hydrogen (secondary N) is 2. The van der Waals surface area contributed by atoms with Crippen LogP contribution in [-0.4, -0.2) is 24.8 Å². The van der Waals surface area contributed by atoms with E-state index >= 15 is 0 Å². The number of carbonyl (C=O) groups excluding carboxylic acids is 3. The predicted molar refractivity (Wildman–Crippen MR) is 136 cm³/mol. The third kappa shape index (κ3) is 4.25. The van der Waals surface area contributed by atoms with E-state index < -0.39 is 0 Å². The highest BCUT2D eigenvalue weighted by Crippen LogP contribution is 2.41. The molecule has 0 saturated carbocycles. The third-order valence-corrected chi connectivity index (χ3v) is 6.62. The van der Waals surface area contributed by atoms with Crippen molar-refractivity contribution in [3.8, 4) is 5.75 Å². The summed E-state index contributed by atoms with van der Waals surface area (Å²) in [5.74, 6) is -0.336. The lowest BCUT2D eigenvalue weighted by atomic mass is 9.89. The first kappa shape index (κ1) is 22.7. The second kappa shape index (κ2) is 9.25. The number of benzene rings is 3. The smallest absolute Gasteiger partial charge is 0.259 e. The van der Waals surface area contributed by atoms with Crippen LogP contribution in [-0.2, 0) is 22.4 Å². The number of rotatable bonds is 4. The van der Waals surface area contributed by atoms with Crippen molar-refractivity contribution in [1.82, 2.24) is 0 Å². The van der Waals surface area contributed by atoms with Crippen molar-refractivity contribution in [2.75, 3.05) is 22.6 Å². The lowest BCUT2D eigenvalue weighted by molar-refractivity contribution is -0.124. The molecular weight excluding hydrogens is 442 g/mol. The van der Waals surface area contributed by atoms with E-state index in [1.165, 1.54) is 5.56 Å². The number of nitrogens with zero attached hydrogens (tertiary/aromatic N) is 1. The summed E-state index contributed by atoms with van der Waals surface area (Å²) in [6, 6.07) is 16.5. The zero-order valence-electron chi connectivity index (χ0n) is 19.8. The lowest BCUT2D eigenvalue weighted by Crippen LogP contribution is -2.26. The summed E-state index contributed by atoms with van der Waals surface area (Å²) in [6.07, 6.45) is 3.83. The molecule has 2 aliphatic rings. The zero-order valence-corrected chi connectivity index (χ0v) is 19.8. The van der Waals surface area contributed by atoms with Gasteiger partial charge in [-0.1, -0.05) is 18.2 Å². The Morgan fingerprint density at radius 1 is 1.00 bits per heavy atom. The minimum absolute atomic E-state index is 0.227. The molecule has 0 saturated heterocycles. The molecular formula is C28H27N3O4. The summed E-state index contributed by atoms with van der Waals surface area (Å²) < 4.78 is 5.40. The van der Waals surface area contributed by atoms with Crippen molar-refractivity contribution in [1.29, 1.82) is 0 Å². The molecule has 3 aromatic carbocycles. The maximum Gasteiger partial charge on any atom is 0.259 e. The van der Waals surface area contributed by atoms with Gasteiger partial charge in [-0.15, -0.1) is 0 Å². The number of hydrogen-bond donors (Lipinski definition) is 2. The van der Waals surface area contributed by atoms with Crippen molar-refractivity contribution >= 4 is 40.5 Å². The van der Waals surface area contributed by atoms with Crippen molar-refractivity contribution in [2.24, 2.45) is 0 Å². The molecule has 3 amide bonds. The van der Waals surface area contributed by atoms with E-state index in [0.717, 1.165) is 42.5 Å². The number of fused-ring (bicyclic) bond motifs is 3. The van der Waals surface area contributed by atoms with E-state index in [-0.39, 0.29) is 24.1 Å². The van der Waals surface area contributed by atoms with Crippen LogP contribution in [0.15, 0.2) is 54.6 Å². The summed E-state index contributed by atoms with van der Waals surface area (Å²) >= 11 is 0. The number of ether oxygens (including phenoxy) is 1. The molecule has 1 aliphatic carbocycles. The number of carbonyl (C=O) groups is 3. The Morgan fingerprint density at radius 2 is 1.77 bits per heavy atom. The minimum atomic E-state index is -0.297. The van der Waals surface area contributed by atoms with Gasteiger partial charge in [0.25, 0.3) is 5.91 Å². The van der Waals surface area contributed by atoms with Crippen molar-refractivity contribution in [2.45, 2.75) is 39.0 Å². The zero-order chi connectivity index (χ0) is 24.5. The van der Waals surface area contributed by atoms with Gasteiger partial charge in [0.05, 0.1) is 24.0 Å². The van der Waals surface area contributed by atoms with Crippen LogP contribution in [0.1, 0.15) is 46.3 Å². The Labute approximate surface area is 204 Å². The average Bonchev–Trinajstić information content (AvgIpc) is 2.99. The molecule has 5 rings (SSSR count). The molecule has 0 aromatic heterocycles. The van der Waals surface area contributed by atoms with Crippen LogP contribution in [0.5, 0.6) is 5.75 Å². The van der Waals surface area contributed by atoms with Gasteiger partial charge in [0.1, 0.15) is 12.2 Å². The first-order valence-corrected chi connectivity index (χ1v) is 11.8. The molecule has 7 nitrogen and oxygen atoms in total. The highest BCUT2D eigenvalue weighted by molar-refractivity contribution is 6.18. The fourth-order valence-electron chi connectivity index (χ4n) is 4.95. The normalized spacial score (nSPS) is 15.0. The Kier molecular flexibility index (Phi) is 5.99. The lowest BCUT2D eigenvalue weighted by Gasteiger charge is -2.26. The number of anilines is 4. The van der Waals surface area contributed by atoms with Crippen molar-refractivity contribution in [3.63, 3.8) is 0 Å². The van der Waals surface area contributed by atoms with E-state index in [1.54, 1.807) is 42.3 Å². The summed E-state index contributed by atoms with van der Waals surface area (Å²) in [6.45, 7) is 1.89. The van der Waals surface area contributed by atoms with Gasteiger partial charge in [0.2, 0.25) is 11.8 Å². The molecule has 35 heavy (non-hydrogen) atoms. The van der Waals surface area contributed by atoms with Gasteiger partial charge in [0, 0.05) is 11.4 Å². The molecule has 0 unspecified atom stereocenters. The number of methoxy groups -OCH3 is 1. The predicted octanol–water partition coefficient (Wildman–Crippen LogP) is 5.14. The maximum absolute atomic E-state index is 13.1. The van der Waals surface area contributed by atoms with E-state index in [2.05, 4.69) is 16.7 Å². The summed E-state index contributed by atoms with van der Waals surface area (Å²) in [4.78, 5) is 40.0. The van der Waals surface area contributed by atoms with E-state index in [1.807, 2.05) is 25.1 Å². The van der Waals surface area contributed by atoms with Crippen LogP contribution in [0.2, 0.25) is 0 Å². The Hall–Kier alpha value is -4.13. The Bertz CT molecular complexity index is 1330. The molecule has 0 bridgehead atoms. The topological polar surface area (TPSA) is 87.7 Å². The van der Waals surface area contributed by atoms with Gasteiger partial charge in [-0.3, -0.25) is 19.3 Å². The molecule has 0 fully saturated rings. The molecule has 1 heterocycles. The van der Waals surface area contributed by atoms with Gasteiger partial charge in [0.15, 0.2) is 0 Å². The van der Waals surface area contributed by atoms with Gasteiger partial charge in [-0.2, -0.15) is 0 Å². The molecule has 3 aromatic rings. The first-order chi connectivity index (χ1) is 17.0. The molecule has 2 N–H and O–H groups in total. The van der Waals surface area contributed by atoms with Crippen molar-refractivity contribution in [3.05, 3.63) is 76.9 Å². The molecule has 0 spiro atoms. The molecule has 178 valence electrons. The van der Waals surface area contributed by atoms with Crippen LogP contribution in [0, 0.1) is 6.92 Å². The van der Waals surface area contributed by atoms with Gasteiger partial charge >= 0.3 is 0 Å². The standard InChI is InChI=1S/C28H27N3O4/c1-17-6-5-9-22(27(17)35-2)28(34)29-19-11-13-20(14-12-19)31-23-15-10-18-7-3-4-8-21(18)26(23)30-24(32)16-25(31)33/h5-6,9-15H,3-4,7-8,16H2,1-2H3,(H,29,34)(H,30,32). The monoisotopic (exact) mass is 469 g/mol. The van der Waals surface area contributed by atoms with Crippen LogP contribution in [0.4, 0.5) is 22.7 Å². The fourth-order valence-corrected chi connectivity index (χ4v) is 4.95. The van der Waals surface area contributed by atoms with E-state index in [0.29, 0.717) is 28.4 Å². The van der Waals surface area contributed by atoms with E-state index in [9.17, 15) is 14.4 Å². The molecule has 0 radical (unpaired) electrons. The number of aryl methyl sites for hydroxylation is 2. The number of hydrogen-bond acceptors (Lipinski definition) is 4. The average molecular weight is 470 g/mol.